The van der Waals surface area contributed by atoms with Crippen LogP contribution < -0.4 is 9.47 Å². The number of rotatable bonds is 3. The minimum absolute atomic E-state index is 0.400. The van der Waals surface area contributed by atoms with Gasteiger partial charge in [-0.2, -0.15) is 0 Å². The van der Waals surface area contributed by atoms with E-state index in [2.05, 4.69) is 10.1 Å². The molecular formula is C19H18ClN3O3. The molecule has 2 aromatic heterocycles. The highest BCUT2D eigenvalue weighted by atomic mass is 35.5. The molecule has 0 saturated carbocycles. The molecule has 1 aliphatic rings. The standard InChI is InChI=1S/C19H18ClN3O3/c1-19(2)18(24)17(14-11-21-9-7-15(14)26-19)25-16-8-10-23(22-16)13-5-3-12(20)4-6-13/h3-11,17-18,24H,1-2H3/t17-,18+/m1/s1. The van der Waals surface area contributed by atoms with E-state index in [1.54, 1.807) is 47.5 Å². The van der Waals surface area contributed by atoms with Gasteiger partial charge < -0.3 is 14.6 Å². The minimum Gasteiger partial charge on any atom is -0.484 e. The van der Waals surface area contributed by atoms with E-state index in [9.17, 15) is 5.11 Å². The molecule has 6 nitrogen and oxygen atoms in total. The first-order chi connectivity index (χ1) is 12.4. The minimum atomic E-state index is -0.875. The van der Waals surface area contributed by atoms with E-state index in [0.717, 1.165) is 5.69 Å². The number of aromatic nitrogens is 3. The highest BCUT2D eigenvalue weighted by molar-refractivity contribution is 6.30. The van der Waals surface area contributed by atoms with Gasteiger partial charge in [-0.25, -0.2) is 4.68 Å². The molecule has 0 radical (unpaired) electrons. The maximum atomic E-state index is 10.7. The molecule has 0 amide bonds. The highest BCUT2D eigenvalue weighted by Crippen LogP contribution is 2.41. The Kier molecular flexibility index (Phi) is 4.09. The molecule has 0 aliphatic carbocycles. The predicted octanol–water partition coefficient (Wildman–Crippen LogP) is 3.57. The molecule has 3 heterocycles. The van der Waals surface area contributed by atoms with Gasteiger partial charge in [0.1, 0.15) is 17.5 Å². The van der Waals surface area contributed by atoms with Gasteiger partial charge in [0.25, 0.3) is 0 Å². The van der Waals surface area contributed by atoms with Crippen molar-refractivity contribution in [3.05, 3.63) is 65.6 Å². The van der Waals surface area contributed by atoms with Crippen molar-refractivity contribution in [2.75, 3.05) is 0 Å². The summed E-state index contributed by atoms with van der Waals surface area (Å²) in [5, 5.41) is 15.8. The van der Waals surface area contributed by atoms with Gasteiger partial charge in [0, 0.05) is 29.7 Å². The largest absolute Gasteiger partial charge is 0.484 e. The molecule has 0 fully saturated rings. The average molecular weight is 372 g/mol. The Morgan fingerprint density at radius 1 is 1.19 bits per heavy atom. The lowest BCUT2D eigenvalue weighted by Crippen LogP contribution is -2.50. The Labute approximate surface area is 156 Å². The maximum absolute atomic E-state index is 10.7. The van der Waals surface area contributed by atoms with E-state index >= 15 is 0 Å². The van der Waals surface area contributed by atoms with Crippen LogP contribution in [0.25, 0.3) is 5.69 Å². The zero-order valence-corrected chi connectivity index (χ0v) is 15.1. The highest BCUT2D eigenvalue weighted by Gasteiger charge is 2.44. The lowest BCUT2D eigenvalue weighted by molar-refractivity contribution is -0.104. The van der Waals surface area contributed by atoms with E-state index in [4.69, 9.17) is 21.1 Å². The molecule has 4 rings (SSSR count). The molecule has 134 valence electrons. The Morgan fingerprint density at radius 2 is 1.96 bits per heavy atom. The van der Waals surface area contributed by atoms with Crippen LogP contribution in [0.15, 0.2) is 55.0 Å². The van der Waals surface area contributed by atoms with Crippen molar-refractivity contribution in [1.82, 2.24) is 14.8 Å². The third kappa shape index (κ3) is 3.02. The first kappa shape index (κ1) is 16.9. The van der Waals surface area contributed by atoms with Crippen LogP contribution in [-0.4, -0.2) is 31.6 Å². The summed E-state index contributed by atoms with van der Waals surface area (Å²) in [5.74, 6) is 1.05. The number of halogens is 1. The Balaban J connectivity index is 1.63. The Morgan fingerprint density at radius 3 is 2.73 bits per heavy atom. The number of nitrogens with zero attached hydrogens (tertiary/aromatic N) is 3. The summed E-state index contributed by atoms with van der Waals surface area (Å²) in [6.07, 6.45) is 3.59. The summed E-state index contributed by atoms with van der Waals surface area (Å²) < 4.78 is 13.6. The zero-order valence-electron chi connectivity index (χ0n) is 14.3. The van der Waals surface area contributed by atoms with Crippen LogP contribution in [0.5, 0.6) is 11.6 Å². The number of pyridine rings is 1. The Bertz CT molecular complexity index is 924. The molecule has 0 unspecified atom stereocenters. The SMILES string of the molecule is CC1(C)Oc2ccncc2[C@@H](Oc2ccn(-c3ccc(Cl)cc3)n2)[C@@H]1O. The molecule has 26 heavy (non-hydrogen) atoms. The van der Waals surface area contributed by atoms with Gasteiger partial charge in [-0.1, -0.05) is 11.6 Å². The van der Waals surface area contributed by atoms with Crippen LogP contribution in [0.4, 0.5) is 0 Å². The second kappa shape index (κ2) is 6.30. The normalized spacial score (nSPS) is 20.9. The van der Waals surface area contributed by atoms with Crippen molar-refractivity contribution in [3.8, 4) is 17.3 Å². The number of aliphatic hydroxyl groups is 1. The number of aliphatic hydroxyl groups excluding tert-OH is 1. The quantitative estimate of drug-likeness (QED) is 0.762. The second-order valence-electron chi connectivity index (χ2n) is 6.68. The first-order valence-corrected chi connectivity index (χ1v) is 8.61. The summed E-state index contributed by atoms with van der Waals surface area (Å²) in [7, 11) is 0. The van der Waals surface area contributed by atoms with E-state index in [-0.39, 0.29) is 0 Å². The first-order valence-electron chi connectivity index (χ1n) is 8.23. The summed E-state index contributed by atoms with van der Waals surface area (Å²) in [5.41, 5.74) is 0.761. The third-order valence-electron chi connectivity index (χ3n) is 4.39. The van der Waals surface area contributed by atoms with Crippen LogP contribution in [0.3, 0.4) is 0 Å². The molecule has 1 N–H and O–H groups in total. The van der Waals surface area contributed by atoms with Crippen molar-refractivity contribution >= 4 is 11.6 Å². The number of benzene rings is 1. The number of hydrogen-bond donors (Lipinski definition) is 1. The summed E-state index contributed by atoms with van der Waals surface area (Å²) in [6, 6.07) is 10.8. The molecule has 2 atom stereocenters. The van der Waals surface area contributed by atoms with E-state index in [0.29, 0.717) is 22.2 Å². The van der Waals surface area contributed by atoms with Crippen molar-refractivity contribution in [3.63, 3.8) is 0 Å². The summed E-state index contributed by atoms with van der Waals surface area (Å²) >= 11 is 5.92. The smallest absolute Gasteiger partial charge is 0.233 e. The second-order valence-corrected chi connectivity index (χ2v) is 7.11. The van der Waals surface area contributed by atoms with E-state index in [1.807, 2.05) is 26.0 Å². The van der Waals surface area contributed by atoms with Gasteiger partial charge in [-0.15, -0.1) is 5.10 Å². The monoisotopic (exact) mass is 371 g/mol. The fraction of sp³-hybridized carbons (Fsp3) is 0.263. The summed E-state index contributed by atoms with van der Waals surface area (Å²) in [4.78, 5) is 4.12. The molecule has 0 saturated heterocycles. The van der Waals surface area contributed by atoms with E-state index in [1.165, 1.54) is 0 Å². The molecule has 3 aromatic rings. The van der Waals surface area contributed by atoms with Gasteiger partial charge in [-0.05, 0) is 44.2 Å². The Hall–Kier alpha value is -2.57. The van der Waals surface area contributed by atoms with Gasteiger partial charge >= 0.3 is 0 Å². The topological polar surface area (TPSA) is 69.4 Å². The fourth-order valence-electron chi connectivity index (χ4n) is 2.94. The van der Waals surface area contributed by atoms with Crippen molar-refractivity contribution in [2.24, 2.45) is 0 Å². The van der Waals surface area contributed by atoms with Crippen molar-refractivity contribution in [2.45, 2.75) is 31.7 Å². The third-order valence-corrected chi connectivity index (χ3v) is 4.64. The fourth-order valence-corrected chi connectivity index (χ4v) is 3.07. The van der Waals surface area contributed by atoms with Gasteiger partial charge in [0.2, 0.25) is 5.88 Å². The van der Waals surface area contributed by atoms with Gasteiger partial charge in [0.15, 0.2) is 6.10 Å². The number of ether oxygens (including phenoxy) is 2. The molecule has 0 spiro atoms. The predicted molar refractivity (Wildman–Crippen MR) is 96.9 cm³/mol. The van der Waals surface area contributed by atoms with Crippen molar-refractivity contribution in [1.29, 1.82) is 0 Å². The van der Waals surface area contributed by atoms with Crippen molar-refractivity contribution < 1.29 is 14.6 Å². The average Bonchev–Trinajstić information content (AvgIpc) is 3.08. The molecule has 0 bridgehead atoms. The van der Waals surface area contributed by atoms with Crippen LogP contribution >= 0.6 is 11.6 Å². The molecule has 1 aliphatic heterocycles. The maximum Gasteiger partial charge on any atom is 0.233 e. The van der Waals surface area contributed by atoms with Crippen LogP contribution in [-0.2, 0) is 0 Å². The van der Waals surface area contributed by atoms with Crippen LogP contribution in [0.2, 0.25) is 5.02 Å². The van der Waals surface area contributed by atoms with Crippen LogP contribution in [0, 0.1) is 0 Å². The summed E-state index contributed by atoms with van der Waals surface area (Å²) in [6.45, 7) is 3.65. The number of fused-ring (bicyclic) bond motifs is 1. The number of hydrogen-bond acceptors (Lipinski definition) is 5. The van der Waals surface area contributed by atoms with E-state index < -0.39 is 17.8 Å². The lowest BCUT2D eigenvalue weighted by Gasteiger charge is -2.41. The molecule has 1 aromatic carbocycles. The van der Waals surface area contributed by atoms with Gasteiger partial charge in [0.05, 0.1) is 11.3 Å². The van der Waals surface area contributed by atoms with Crippen LogP contribution in [0.1, 0.15) is 25.5 Å². The molecule has 7 heteroatoms. The zero-order chi connectivity index (χ0) is 18.3. The molecular weight excluding hydrogens is 354 g/mol. The lowest BCUT2D eigenvalue weighted by atomic mass is 9.89. The van der Waals surface area contributed by atoms with Gasteiger partial charge in [-0.3, -0.25) is 4.98 Å².